The van der Waals surface area contributed by atoms with Gasteiger partial charge in [-0.15, -0.1) is 0 Å². The van der Waals surface area contributed by atoms with E-state index < -0.39 is 30.4 Å². The minimum Gasteiger partial charge on any atom is -0.481 e. The van der Waals surface area contributed by atoms with E-state index in [-0.39, 0.29) is 6.54 Å². The Morgan fingerprint density at radius 1 is 1.42 bits per heavy atom. The van der Waals surface area contributed by atoms with Gasteiger partial charge in [-0.05, 0) is 6.07 Å². The highest BCUT2D eigenvalue weighted by Gasteiger charge is 2.22. The van der Waals surface area contributed by atoms with Crippen LogP contribution in [0, 0.1) is 0 Å². The fourth-order valence-corrected chi connectivity index (χ4v) is 1.33. The lowest BCUT2D eigenvalue weighted by Crippen LogP contribution is -2.46. The number of carbonyl (C=O) groups excluding carboxylic acids is 1. The van der Waals surface area contributed by atoms with E-state index >= 15 is 0 Å². The molecule has 1 aromatic rings. The van der Waals surface area contributed by atoms with E-state index in [1.54, 1.807) is 24.0 Å². The molecule has 19 heavy (non-hydrogen) atoms. The molecule has 0 unspecified atom stereocenters. The second-order valence-corrected chi connectivity index (χ2v) is 3.76. The lowest BCUT2D eigenvalue weighted by molar-refractivity contribution is -0.145. The van der Waals surface area contributed by atoms with Gasteiger partial charge in [0.05, 0.1) is 18.7 Å². The number of hydrogen-bond acceptors (Lipinski definition) is 4. The summed E-state index contributed by atoms with van der Waals surface area (Å²) in [4.78, 5) is 32.6. The molecule has 1 rings (SSSR count). The molecule has 0 saturated heterocycles. The predicted octanol–water partition coefficient (Wildman–Crippen LogP) is -0.853. The van der Waals surface area contributed by atoms with Gasteiger partial charge in [-0.2, -0.15) is 5.10 Å². The summed E-state index contributed by atoms with van der Waals surface area (Å²) in [5, 5.41) is 25.6. The summed E-state index contributed by atoms with van der Waals surface area (Å²) < 4.78 is 1.55. The van der Waals surface area contributed by atoms with E-state index in [1.807, 2.05) is 0 Å². The maximum atomic E-state index is 11.4. The van der Waals surface area contributed by atoms with Crippen LogP contribution in [0.4, 0.5) is 4.79 Å². The Morgan fingerprint density at radius 3 is 2.58 bits per heavy atom. The summed E-state index contributed by atoms with van der Waals surface area (Å²) >= 11 is 0. The van der Waals surface area contributed by atoms with E-state index in [9.17, 15) is 14.4 Å². The van der Waals surface area contributed by atoms with Gasteiger partial charge in [-0.3, -0.25) is 9.48 Å². The van der Waals surface area contributed by atoms with Gasteiger partial charge >= 0.3 is 18.0 Å². The van der Waals surface area contributed by atoms with Crippen molar-refractivity contribution in [3.63, 3.8) is 0 Å². The molecule has 1 atom stereocenters. The molecule has 9 nitrogen and oxygen atoms in total. The van der Waals surface area contributed by atoms with Crippen molar-refractivity contribution in [3.8, 4) is 0 Å². The van der Waals surface area contributed by atoms with Gasteiger partial charge < -0.3 is 20.8 Å². The molecule has 0 aliphatic carbocycles. The highest BCUT2D eigenvalue weighted by Crippen LogP contribution is 1.96. The molecule has 0 saturated carbocycles. The van der Waals surface area contributed by atoms with E-state index in [0.717, 1.165) is 5.69 Å². The van der Waals surface area contributed by atoms with Crippen molar-refractivity contribution in [1.82, 2.24) is 20.4 Å². The van der Waals surface area contributed by atoms with Crippen molar-refractivity contribution in [2.45, 2.75) is 19.0 Å². The van der Waals surface area contributed by atoms with Gasteiger partial charge in [-0.25, -0.2) is 9.59 Å². The maximum Gasteiger partial charge on any atom is 0.326 e. The Bertz CT molecular complexity index is 484. The van der Waals surface area contributed by atoms with Gasteiger partial charge in [0.25, 0.3) is 0 Å². The lowest BCUT2D eigenvalue weighted by Gasteiger charge is -2.13. The second-order valence-electron chi connectivity index (χ2n) is 3.76. The van der Waals surface area contributed by atoms with Crippen LogP contribution in [0.3, 0.4) is 0 Å². The normalized spacial score (nSPS) is 11.6. The number of aromatic nitrogens is 2. The highest BCUT2D eigenvalue weighted by molar-refractivity contribution is 5.86. The molecule has 0 aliphatic heterocycles. The summed E-state index contributed by atoms with van der Waals surface area (Å²) in [5.74, 6) is -2.71. The smallest absolute Gasteiger partial charge is 0.326 e. The number of carbonyl (C=O) groups is 3. The average molecular weight is 270 g/mol. The molecule has 0 fully saturated rings. The van der Waals surface area contributed by atoms with Gasteiger partial charge in [0.15, 0.2) is 0 Å². The third-order valence-electron chi connectivity index (χ3n) is 2.33. The van der Waals surface area contributed by atoms with Crippen LogP contribution in [0.5, 0.6) is 0 Å². The molecule has 0 spiro atoms. The quantitative estimate of drug-likeness (QED) is 0.532. The number of amides is 2. The Labute approximate surface area is 108 Å². The largest absolute Gasteiger partial charge is 0.481 e. The summed E-state index contributed by atoms with van der Waals surface area (Å²) in [5.41, 5.74) is 0.722. The molecular weight excluding hydrogens is 256 g/mol. The average Bonchev–Trinajstić information content (AvgIpc) is 2.70. The van der Waals surface area contributed by atoms with Crippen molar-refractivity contribution >= 4 is 18.0 Å². The molecule has 0 aromatic carbocycles. The van der Waals surface area contributed by atoms with E-state index in [1.165, 1.54) is 0 Å². The maximum absolute atomic E-state index is 11.4. The van der Waals surface area contributed by atoms with Crippen molar-refractivity contribution in [2.24, 2.45) is 7.05 Å². The zero-order valence-electron chi connectivity index (χ0n) is 10.2. The molecular formula is C10H14N4O5. The molecule has 0 radical (unpaired) electrons. The number of nitrogens with zero attached hydrogens (tertiary/aromatic N) is 2. The number of aryl methyl sites for hydroxylation is 1. The Balaban J connectivity index is 2.47. The number of hydrogen-bond donors (Lipinski definition) is 4. The summed E-state index contributed by atoms with van der Waals surface area (Å²) in [7, 11) is 1.69. The van der Waals surface area contributed by atoms with Crippen LogP contribution in [0.2, 0.25) is 0 Å². The summed E-state index contributed by atoms with van der Waals surface area (Å²) in [6, 6.07) is -0.537. The predicted molar refractivity (Wildman–Crippen MR) is 62.3 cm³/mol. The van der Waals surface area contributed by atoms with Crippen molar-refractivity contribution in [2.75, 3.05) is 0 Å². The fraction of sp³-hybridized carbons (Fsp3) is 0.400. The van der Waals surface area contributed by atoms with Crippen molar-refractivity contribution in [3.05, 3.63) is 18.0 Å². The van der Waals surface area contributed by atoms with Crippen LogP contribution in [0.25, 0.3) is 0 Å². The van der Waals surface area contributed by atoms with Gasteiger partial charge in [0, 0.05) is 13.2 Å². The summed E-state index contributed by atoms with van der Waals surface area (Å²) in [6.45, 7) is 0.155. The van der Waals surface area contributed by atoms with Gasteiger partial charge in [-0.1, -0.05) is 0 Å². The first-order valence-electron chi connectivity index (χ1n) is 5.36. The topological polar surface area (TPSA) is 134 Å². The summed E-state index contributed by atoms with van der Waals surface area (Å²) in [6.07, 6.45) is 0.869. The highest BCUT2D eigenvalue weighted by atomic mass is 16.4. The van der Waals surface area contributed by atoms with E-state index in [4.69, 9.17) is 10.2 Å². The van der Waals surface area contributed by atoms with Crippen LogP contribution >= 0.6 is 0 Å². The van der Waals surface area contributed by atoms with Gasteiger partial charge in [0.2, 0.25) is 0 Å². The molecule has 4 N–H and O–H groups in total. The molecule has 9 heteroatoms. The minimum absolute atomic E-state index is 0.155. The van der Waals surface area contributed by atoms with E-state index in [0.29, 0.717) is 0 Å². The van der Waals surface area contributed by atoms with Crippen molar-refractivity contribution < 1.29 is 24.6 Å². The third kappa shape index (κ3) is 4.66. The fourth-order valence-electron chi connectivity index (χ4n) is 1.33. The standard InChI is InChI=1S/C10H14N4O5/c1-14-6(2-3-12-14)5-11-10(19)13-7(9(17)18)4-8(15)16/h2-3,7H,4-5H2,1H3,(H,15,16)(H,17,18)(H2,11,13,19)/t7-/m1/s1. The number of urea groups is 1. The zero-order chi connectivity index (χ0) is 14.4. The monoisotopic (exact) mass is 270 g/mol. The van der Waals surface area contributed by atoms with Crippen LogP contribution < -0.4 is 10.6 Å². The number of aliphatic carboxylic acids is 2. The number of nitrogens with one attached hydrogen (secondary N) is 2. The molecule has 2 amide bonds. The van der Waals surface area contributed by atoms with Crippen LogP contribution in [-0.4, -0.2) is 44.0 Å². The van der Waals surface area contributed by atoms with Crippen LogP contribution in [-0.2, 0) is 23.2 Å². The zero-order valence-corrected chi connectivity index (χ0v) is 10.2. The number of carboxylic acids is 2. The Hall–Kier alpha value is -2.58. The van der Waals surface area contributed by atoms with E-state index in [2.05, 4.69) is 15.7 Å². The minimum atomic E-state index is -1.47. The van der Waals surface area contributed by atoms with Crippen LogP contribution in [0.15, 0.2) is 12.3 Å². The Morgan fingerprint density at radius 2 is 2.11 bits per heavy atom. The number of rotatable bonds is 6. The molecule has 104 valence electrons. The molecule has 1 aromatic heterocycles. The van der Waals surface area contributed by atoms with Gasteiger partial charge in [0.1, 0.15) is 6.04 Å². The first-order chi connectivity index (χ1) is 8.90. The third-order valence-corrected chi connectivity index (χ3v) is 2.33. The lowest BCUT2D eigenvalue weighted by atomic mass is 10.2. The molecule has 0 aliphatic rings. The SMILES string of the molecule is Cn1nccc1CNC(=O)N[C@H](CC(=O)O)C(=O)O. The van der Waals surface area contributed by atoms with Crippen LogP contribution in [0.1, 0.15) is 12.1 Å². The molecule has 1 heterocycles. The first kappa shape index (κ1) is 14.5. The van der Waals surface area contributed by atoms with Crippen molar-refractivity contribution in [1.29, 1.82) is 0 Å². The second kappa shape index (κ2) is 6.38. The Kier molecular flexibility index (Phi) is 4.86. The first-order valence-corrected chi connectivity index (χ1v) is 5.36. The molecule has 0 bridgehead atoms. The number of carboxylic acid groups (broad SMARTS) is 2.